The van der Waals surface area contributed by atoms with Gasteiger partial charge < -0.3 is 10.2 Å². The van der Waals surface area contributed by atoms with Crippen molar-refractivity contribution in [2.24, 2.45) is 0 Å². The van der Waals surface area contributed by atoms with Crippen LogP contribution in [0.15, 0.2) is 48.5 Å². The Hall–Kier alpha value is -1.95. The second-order valence-corrected chi connectivity index (χ2v) is 11.1. The minimum atomic E-state index is -1.43. The van der Waals surface area contributed by atoms with E-state index < -0.39 is 15.9 Å². The van der Waals surface area contributed by atoms with Crippen LogP contribution in [0.4, 0.5) is 0 Å². The van der Waals surface area contributed by atoms with E-state index in [-0.39, 0.29) is 11.6 Å². The van der Waals surface area contributed by atoms with Crippen molar-refractivity contribution in [3.63, 3.8) is 0 Å². The molecule has 0 aliphatic heterocycles. The van der Waals surface area contributed by atoms with E-state index in [0.29, 0.717) is 11.1 Å². The van der Waals surface area contributed by atoms with E-state index in [2.05, 4.69) is 6.92 Å². The number of hydrogen-bond acceptors (Lipinski definition) is 5. The Morgan fingerprint density at radius 2 is 1.03 bits per heavy atom. The van der Waals surface area contributed by atoms with Crippen molar-refractivity contribution in [1.82, 2.24) is 0 Å². The molecule has 0 bridgehead atoms. The predicted molar refractivity (Wildman–Crippen MR) is 142 cm³/mol. The molecule has 0 heterocycles. The van der Waals surface area contributed by atoms with Crippen LogP contribution in [-0.4, -0.2) is 33.0 Å². The van der Waals surface area contributed by atoms with Gasteiger partial charge in [-0.15, -0.1) is 0 Å². The highest BCUT2D eigenvalue weighted by Gasteiger charge is 2.32. The van der Waals surface area contributed by atoms with Gasteiger partial charge in [0.25, 0.3) is 0 Å². The van der Waals surface area contributed by atoms with Crippen LogP contribution in [0.3, 0.4) is 0 Å². The fraction of sp³-hybridized carbons (Fsp3) is 0.517. The van der Waals surface area contributed by atoms with Crippen molar-refractivity contribution in [1.29, 1.82) is 0 Å². The zero-order chi connectivity index (χ0) is 25.6. The maximum absolute atomic E-state index is 12.5. The second kappa shape index (κ2) is 11.7. The van der Waals surface area contributed by atoms with E-state index in [1.54, 1.807) is 24.3 Å². The molecule has 34 heavy (non-hydrogen) atoms. The highest BCUT2D eigenvalue weighted by Crippen LogP contribution is 2.41. The lowest BCUT2D eigenvalue weighted by Crippen LogP contribution is -2.31. The zero-order valence-electron chi connectivity index (χ0n) is 21.2. The topological polar surface area (TPSA) is 74.6 Å². The van der Waals surface area contributed by atoms with Crippen molar-refractivity contribution in [2.75, 3.05) is 0 Å². The third-order valence-electron chi connectivity index (χ3n) is 6.25. The highest BCUT2D eigenvalue weighted by atomic mass is 32.1. The molecule has 0 spiro atoms. The normalized spacial score (nSPS) is 12.6. The van der Waals surface area contributed by atoms with Crippen molar-refractivity contribution in [3.05, 3.63) is 70.8 Å². The van der Waals surface area contributed by atoms with E-state index in [4.69, 9.17) is 12.6 Å². The molecule has 4 nitrogen and oxygen atoms in total. The fourth-order valence-corrected chi connectivity index (χ4v) is 4.57. The van der Waals surface area contributed by atoms with Crippen LogP contribution in [0.1, 0.15) is 111 Å². The van der Waals surface area contributed by atoms with Crippen LogP contribution >= 0.6 is 12.6 Å². The maximum atomic E-state index is 12.5. The average Bonchev–Trinajstić information content (AvgIpc) is 2.79. The summed E-state index contributed by atoms with van der Waals surface area (Å²) in [5, 5.41) is 20.1. The Bertz CT molecular complexity index is 878. The standard InChI is InChI=1S/C29H40O4S/c1-6-7-8-9-10-11-20-29(34,23-16-12-21(13-17-23)25(30)27(2,3)32)24-18-14-22(15-19-24)26(31)28(4,5)33/h12-19,32-34H,6-11,20H2,1-5H3. The third-order valence-corrected chi connectivity index (χ3v) is 6.99. The summed E-state index contributed by atoms with van der Waals surface area (Å²) in [7, 11) is 0. The summed E-state index contributed by atoms with van der Waals surface area (Å²) >= 11 is 5.16. The van der Waals surface area contributed by atoms with E-state index in [9.17, 15) is 19.8 Å². The molecular weight excluding hydrogens is 444 g/mol. The van der Waals surface area contributed by atoms with Gasteiger partial charge in [-0.1, -0.05) is 94.0 Å². The van der Waals surface area contributed by atoms with Crippen molar-refractivity contribution >= 4 is 24.2 Å². The number of rotatable bonds is 13. The van der Waals surface area contributed by atoms with Crippen molar-refractivity contribution in [3.8, 4) is 0 Å². The molecule has 0 atom stereocenters. The SMILES string of the molecule is CCCCCCCCC(S)(c1ccc(C(=O)C(C)(C)O)cc1)c1ccc(C(=O)C(C)(C)O)cc1. The van der Waals surface area contributed by atoms with Gasteiger partial charge >= 0.3 is 0 Å². The van der Waals surface area contributed by atoms with Crippen LogP contribution in [0.25, 0.3) is 0 Å². The second-order valence-electron chi connectivity index (χ2n) is 10.3. The number of thiol groups is 1. The maximum Gasteiger partial charge on any atom is 0.193 e. The Labute approximate surface area is 210 Å². The number of ketones is 2. The molecule has 0 aliphatic rings. The quantitative estimate of drug-likeness (QED) is 0.172. The number of carbonyl (C=O) groups excluding carboxylic acids is 2. The van der Waals surface area contributed by atoms with Gasteiger partial charge in [-0.25, -0.2) is 0 Å². The minimum Gasteiger partial charge on any atom is -0.382 e. The van der Waals surface area contributed by atoms with Gasteiger partial charge in [0.15, 0.2) is 11.6 Å². The van der Waals surface area contributed by atoms with Crippen molar-refractivity contribution in [2.45, 2.75) is 95.5 Å². The summed E-state index contributed by atoms with van der Waals surface area (Å²) < 4.78 is -0.600. The van der Waals surface area contributed by atoms with Gasteiger partial charge in [0.1, 0.15) is 11.2 Å². The van der Waals surface area contributed by atoms with Gasteiger partial charge in [-0.05, 0) is 45.2 Å². The largest absolute Gasteiger partial charge is 0.382 e. The molecular formula is C29H40O4S. The lowest BCUT2D eigenvalue weighted by molar-refractivity contribution is 0.0487. The Morgan fingerprint density at radius 3 is 1.38 bits per heavy atom. The first-order valence-corrected chi connectivity index (χ1v) is 12.7. The summed E-state index contributed by atoms with van der Waals surface area (Å²) in [5.74, 6) is -0.650. The van der Waals surface area contributed by atoms with Crippen LogP contribution < -0.4 is 0 Å². The molecule has 2 N–H and O–H groups in total. The van der Waals surface area contributed by atoms with Gasteiger partial charge in [0.05, 0.1) is 4.75 Å². The summed E-state index contributed by atoms with van der Waals surface area (Å²) in [6.07, 6.45) is 7.81. The zero-order valence-corrected chi connectivity index (χ0v) is 22.1. The van der Waals surface area contributed by atoms with Gasteiger partial charge in [0.2, 0.25) is 0 Å². The van der Waals surface area contributed by atoms with E-state index in [1.807, 2.05) is 24.3 Å². The molecule has 0 aromatic heterocycles. The molecule has 5 heteroatoms. The number of aliphatic hydroxyl groups is 2. The van der Waals surface area contributed by atoms with Crippen LogP contribution in [0, 0.1) is 0 Å². The Balaban J connectivity index is 2.35. The van der Waals surface area contributed by atoms with Gasteiger partial charge in [-0.3, -0.25) is 9.59 Å². The number of unbranched alkanes of at least 4 members (excludes halogenated alkanes) is 5. The molecule has 0 unspecified atom stereocenters. The monoisotopic (exact) mass is 484 g/mol. The molecule has 186 valence electrons. The first kappa shape index (κ1) is 28.3. The molecule has 2 rings (SSSR count). The molecule has 0 saturated carbocycles. The smallest absolute Gasteiger partial charge is 0.193 e. The first-order valence-electron chi connectivity index (χ1n) is 12.3. The third kappa shape index (κ3) is 7.27. The summed E-state index contributed by atoms with van der Waals surface area (Å²) in [4.78, 5) is 24.9. The number of carbonyl (C=O) groups is 2. The summed E-state index contributed by atoms with van der Waals surface area (Å²) in [6.45, 7) is 8.15. The van der Waals surface area contributed by atoms with Crippen LogP contribution in [0.2, 0.25) is 0 Å². The van der Waals surface area contributed by atoms with E-state index in [0.717, 1.165) is 30.4 Å². The summed E-state index contributed by atoms with van der Waals surface area (Å²) in [6, 6.07) is 14.6. The van der Waals surface area contributed by atoms with Crippen molar-refractivity contribution < 1.29 is 19.8 Å². The number of benzene rings is 2. The number of hydrogen-bond donors (Lipinski definition) is 3. The average molecular weight is 485 g/mol. The Morgan fingerprint density at radius 1 is 0.676 bits per heavy atom. The minimum absolute atomic E-state index is 0.325. The lowest BCUT2D eigenvalue weighted by Gasteiger charge is -2.31. The lowest BCUT2D eigenvalue weighted by atomic mass is 9.83. The van der Waals surface area contributed by atoms with Gasteiger partial charge in [0, 0.05) is 11.1 Å². The van der Waals surface area contributed by atoms with E-state index in [1.165, 1.54) is 53.4 Å². The highest BCUT2D eigenvalue weighted by molar-refractivity contribution is 7.81. The van der Waals surface area contributed by atoms with Gasteiger partial charge in [-0.2, -0.15) is 12.6 Å². The molecule has 0 radical (unpaired) electrons. The molecule has 0 aliphatic carbocycles. The predicted octanol–water partition coefficient (Wildman–Crippen LogP) is 6.52. The molecule has 0 saturated heterocycles. The Kier molecular flexibility index (Phi) is 9.70. The van der Waals surface area contributed by atoms with E-state index >= 15 is 0 Å². The van der Waals surface area contributed by atoms with Crippen LogP contribution in [-0.2, 0) is 4.75 Å². The molecule has 2 aromatic carbocycles. The molecule has 0 amide bonds. The van der Waals surface area contributed by atoms with Crippen LogP contribution in [0.5, 0.6) is 0 Å². The molecule has 0 fully saturated rings. The molecule has 2 aromatic rings. The number of Topliss-reactive ketones (excluding diaryl/α,β-unsaturated/α-hetero) is 2. The first-order chi connectivity index (χ1) is 15.8. The fourth-order valence-electron chi connectivity index (χ4n) is 4.12. The summed E-state index contributed by atoms with van der Waals surface area (Å²) in [5.41, 5.74) is -0.0336.